The highest BCUT2D eigenvalue weighted by Gasteiger charge is 2.38. The number of hydrogen-bond donors (Lipinski definition) is 1. The summed E-state index contributed by atoms with van der Waals surface area (Å²) >= 11 is 1.72. The first-order valence-electron chi connectivity index (χ1n) is 6.99. The number of rotatable bonds is 6. The molecule has 0 unspecified atom stereocenters. The van der Waals surface area contributed by atoms with E-state index in [0.29, 0.717) is 0 Å². The Morgan fingerprint density at radius 3 is 2.60 bits per heavy atom. The molecule has 0 radical (unpaired) electrons. The van der Waals surface area contributed by atoms with E-state index in [2.05, 4.69) is 15.5 Å². The van der Waals surface area contributed by atoms with Crippen molar-refractivity contribution in [2.24, 2.45) is 7.05 Å². The number of aromatic nitrogens is 3. The Labute approximate surface area is 148 Å². The van der Waals surface area contributed by atoms with Crippen molar-refractivity contribution < 1.29 is 27.6 Å². The van der Waals surface area contributed by atoms with Crippen molar-refractivity contribution in [3.05, 3.63) is 5.82 Å². The SMILES string of the molecule is C[C@@H](Sc1nnc(C(F)(F)F)n1C)C(=O)NCCN1C(=O)CSC1=O. The Balaban J connectivity index is 1.85. The van der Waals surface area contributed by atoms with Crippen LogP contribution in [0.15, 0.2) is 5.16 Å². The first kappa shape index (κ1) is 19.6. The van der Waals surface area contributed by atoms with Gasteiger partial charge in [-0.25, -0.2) is 0 Å². The van der Waals surface area contributed by atoms with Gasteiger partial charge in [0.05, 0.1) is 11.0 Å². The summed E-state index contributed by atoms with van der Waals surface area (Å²) in [6.45, 7) is 1.62. The minimum absolute atomic E-state index is 0.0451. The molecule has 1 fully saturated rings. The maximum absolute atomic E-state index is 12.7. The molecular weight excluding hydrogens is 383 g/mol. The van der Waals surface area contributed by atoms with Crippen molar-refractivity contribution in [2.75, 3.05) is 18.8 Å². The monoisotopic (exact) mass is 397 g/mol. The van der Waals surface area contributed by atoms with E-state index >= 15 is 0 Å². The lowest BCUT2D eigenvalue weighted by Crippen LogP contribution is -2.39. The highest BCUT2D eigenvalue weighted by molar-refractivity contribution is 8.14. The summed E-state index contributed by atoms with van der Waals surface area (Å²) in [6, 6.07) is 0. The Kier molecular flexibility index (Phi) is 5.98. The highest BCUT2D eigenvalue weighted by atomic mass is 32.2. The number of thioether (sulfide) groups is 2. The van der Waals surface area contributed by atoms with E-state index in [9.17, 15) is 27.6 Å². The number of nitrogens with one attached hydrogen (secondary N) is 1. The van der Waals surface area contributed by atoms with Gasteiger partial charge < -0.3 is 9.88 Å². The van der Waals surface area contributed by atoms with Crippen LogP contribution in [0.25, 0.3) is 0 Å². The van der Waals surface area contributed by atoms with E-state index in [1.165, 1.54) is 6.92 Å². The molecule has 1 N–H and O–H groups in total. The van der Waals surface area contributed by atoms with Crippen molar-refractivity contribution in [3.8, 4) is 0 Å². The molecule has 138 valence electrons. The summed E-state index contributed by atoms with van der Waals surface area (Å²) in [5, 5.41) is 7.92. The summed E-state index contributed by atoms with van der Waals surface area (Å²) in [5.41, 5.74) is 0. The molecule has 0 aromatic carbocycles. The summed E-state index contributed by atoms with van der Waals surface area (Å²) in [4.78, 5) is 35.8. The molecule has 3 amide bonds. The van der Waals surface area contributed by atoms with Gasteiger partial charge in [0.25, 0.3) is 5.24 Å². The maximum Gasteiger partial charge on any atom is 0.451 e. The zero-order valence-corrected chi connectivity index (χ0v) is 14.8. The predicted molar refractivity (Wildman–Crippen MR) is 83.9 cm³/mol. The second-order valence-corrected chi connectivity index (χ2v) is 7.25. The maximum atomic E-state index is 12.7. The summed E-state index contributed by atoms with van der Waals surface area (Å²) in [7, 11) is 1.16. The highest BCUT2D eigenvalue weighted by Crippen LogP contribution is 2.30. The Morgan fingerprint density at radius 2 is 2.08 bits per heavy atom. The number of alkyl halides is 3. The molecule has 0 spiro atoms. The van der Waals surface area contributed by atoms with Crippen molar-refractivity contribution in [1.82, 2.24) is 25.0 Å². The van der Waals surface area contributed by atoms with Crippen LogP contribution in [0, 0.1) is 0 Å². The van der Waals surface area contributed by atoms with Crippen LogP contribution in [-0.2, 0) is 22.8 Å². The molecule has 1 saturated heterocycles. The molecule has 1 aromatic rings. The van der Waals surface area contributed by atoms with Gasteiger partial charge >= 0.3 is 6.18 Å². The molecule has 0 aliphatic carbocycles. The van der Waals surface area contributed by atoms with E-state index in [-0.39, 0.29) is 35.1 Å². The van der Waals surface area contributed by atoms with Crippen LogP contribution < -0.4 is 5.32 Å². The molecule has 0 bridgehead atoms. The Morgan fingerprint density at radius 1 is 1.40 bits per heavy atom. The molecular formula is C12H14F3N5O3S2. The molecule has 0 saturated carbocycles. The minimum Gasteiger partial charge on any atom is -0.353 e. The molecule has 2 rings (SSSR count). The van der Waals surface area contributed by atoms with Crippen molar-refractivity contribution in [2.45, 2.75) is 23.5 Å². The molecule has 25 heavy (non-hydrogen) atoms. The van der Waals surface area contributed by atoms with Crippen LogP contribution in [0.4, 0.5) is 18.0 Å². The Hall–Kier alpha value is -1.76. The van der Waals surface area contributed by atoms with E-state index in [4.69, 9.17) is 0 Å². The number of carbonyl (C=O) groups excluding carboxylic acids is 3. The first-order valence-corrected chi connectivity index (χ1v) is 8.86. The quantitative estimate of drug-likeness (QED) is 0.719. The van der Waals surface area contributed by atoms with Crippen molar-refractivity contribution >= 4 is 40.6 Å². The second-order valence-electron chi connectivity index (χ2n) is 5.01. The summed E-state index contributed by atoms with van der Waals surface area (Å²) in [5.74, 6) is -1.82. The van der Waals surface area contributed by atoms with Crippen LogP contribution in [0.1, 0.15) is 12.7 Å². The van der Waals surface area contributed by atoms with E-state index in [0.717, 1.165) is 40.0 Å². The molecule has 1 atom stereocenters. The number of carbonyl (C=O) groups is 3. The fourth-order valence-electron chi connectivity index (χ4n) is 1.91. The van der Waals surface area contributed by atoms with Gasteiger partial charge in [-0.15, -0.1) is 10.2 Å². The Bertz CT molecular complexity index is 678. The van der Waals surface area contributed by atoms with Crippen LogP contribution in [0.5, 0.6) is 0 Å². The number of halogens is 3. The lowest BCUT2D eigenvalue weighted by Gasteiger charge is -2.15. The third-order valence-corrected chi connectivity index (χ3v) is 5.21. The van der Waals surface area contributed by atoms with Gasteiger partial charge in [0.1, 0.15) is 0 Å². The molecule has 13 heteroatoms. The molecule has 1 aliphatic heterocycles. The molecule has 1 aromatic heterocycles. The third-order valence-electron chi connectivity index (χ3n) is 3.22. The van der Waals surface area contributed by atoms with Gasteiger partial charge in [-0.2, -0.15) is 13.2 Å². The average Bonchev–Trinajstić information content (AvgIpc) is 3.03. The fourth-order valence-corrected chi connectivity index (χ4v) is 3.50. The molecule has 8 nitrogen and oxygen atoms in total. The van der Waals surface area contributed by atoms with Gasteiger partial charge in [-0.3, -0.25) is 19.3 Å². The zero-order valence-electron chi connectivity index (χ0n) is 13.2. The lowest BCUT2D eigenvalue weighted by molar-refractivity contribution is -0.147. The molecule has 1 aliphatic rings. The van der Waals surface area contributed by atoms with E-state index in [1.807, 2.05) is 0 Å². The van der Waals surface area contributed by atoms with Crippen LogP contribution in [0.2, 0.25) is 0 Å². The van der Waals surface area contributed by atoms with Gasteiger partial charge in [-0.1, -0.05) is 23.5 Å². The predicted octanol–water partition coefficient (Wildman–Crippen LogP) is 1.13. The second kappa shape index (κ2) is 7.64. The number of imide groups is 1. The van der Waals surface area contributed by atoms with Crippen LogP contribution in [0.3, 0.4) is 0 Å². The van der Waals surface area contributed by atoms with E-state index < -0.39 is 23.2 Å². The largest absolute Gasteiger partial charge is 0.451 e. The van der Waals surface area contributed by atoms with Gasteiger partial charge in [0, 0.05) is 20.1 Å². The molecule has 2 heterocycles. The van der Waals surface area contributed by atoms with E-state index in [1.54, 1.807) is 0 Å². The van der Waals surface area contributed by atoms with Gasteiger partial charge in [-0.05, 0) is 6.92 Å². The summed E-state index contributed by atoms with van der Waals surface area (Å²) in [6.07, 6.45) is -4.63. The minimum atomic E-state index is -4.63. The van der Waals surface area contributed by atoms with Crippen molar-refractivity contribution in [1.29, 1.82) is 0 Å². The number of hydrogen-bond acceptors (Lipinski definition) is 7. The van der Waals surface area contributed by atoms with Crippen LogP contribution in [-0.4, -0.2) is 60.8 Å². The topological polar surface area (TPSA) is 97.2 Å². The normalized spacial score (nSPS) is 16.4. The summed E-state index contributed by atoms with van der Waals surface area (Å²) < 4.78 is 38.8. The third kappa shape index (κ3) is 4.66. The van der Waals surface area contributed by atoms with Crippen molar-refractivity contribution in [3.63, 3.8) is 0 Å². The lowest BCUT2D eigenvalue weighted by atomic mass is 10.4. The van der Waals surface area contributed by atoms with Gasteiger partial charge in [0.2, 0.25) is 17.6 Å². The zero-order chi connectivity index (χ0) is 18.8. The first-order chi connectivity index (χ1) is 11.6. The van der Waals surface area contributed by atoms with Gasteiger partial charge in [0.15, 0.2) is 5.16 Å². The average molecular weight is 397 g/mol. The number of nitrogens with zero attached hydrogens (tertiary/aromatic N) is 4. The smallest absolute Gasteiger partial charge is 0.353 e. The fraction of sp³-hybridized carbons (Fsp3) is 0.583. The van der Waals surface area contributed by atoms with Crippen LogP contribution >= 0.6 is 23.5 Å². The standard InChI is InChI=1S/C12H14F3N5O3S2/c1-6(25-10-18-17-9(19(10)2)12(13,14)15)8(22)16-3-4-20-7(21)5-24-11(20)23/h6H,3-5H2,1-2H3,(H,16,22)/t6-/m1/s1. The number of amides is 3.